The van der Waals surface area contributed by atoms with Crippen LogP contribution in [0.15, 0.2) is 105 Å². The van der Waals surface area contributed by atoms with E-state index in [1.807, 2.05) is 54.7 Å². The van der Waals surface area contributed by atoms with E-state index in [0.29, 0.717) is 0 Å². The Bertz CT molecular complexity index is 1190. The van der Waals surface area contributed by atoms with Gasteiger partial charge in [0.1, 0.15) is 5.69 Å². The molecule has 0 bridgehead atoms. The molecule has 0 unspecified atom stereocenters. The monoisotopic (exact) mass is 385 g/mol. The van der Waals surface area contributed by atoms with Gasteiger partial charge in [-0.1, -0.05) is 30.0 Å². The first-order valence-electron chi connectivity index (χ1n) is 8.72. The summed E-state index contributed by atoms with van der Waals surface area (Å²) in [5.74, 6) is 0.725. The summed E-state index contributed by atoms with van der Waals surface area (Å²) >= 11 is 1.56. The first-order valence-corrected chi connectivity index (χ1v) is 9.54. The van der Waals surface area contributed by atoms with Gasteiger partial charge in [0, 0.05) is 34.6 Å². The van der Waals surface area contributed by atoms with Crippen LogP contribution in [-0.4, -0.2) is 15.0 Å². The molecule has 4 aromatic heterocycles. The summed E-state index contributed by atoms with van der Waals surface area (Å²) in [6, 6.07) is 17.9. The lowest BCUT2D eigenvalue weighted by Gasteiger charge is -2.08. The van der Waals surface area contributed by atoms with Crippen molar-refractivity contribution in [3.63, 3.8) is 0 Å². The molecule has 4 heterocycles. The molecule has 0 amide bonds. The van der Waals surface area contributed by atoms with Crippen molar-refractivity contribution in [2.45, 2.75) is 9.99 Å². The highest BCUT2D eigenvalue weighted by atomic mass is 32.2. The summed E-state index contributed by atoms with van der Waals surface area (Å²) in [6.45, 7) is 0. The van der Waals surface area contributed by atoms with Crippen molar-refractivity contribution < 1.29 is 8.83 Å². The number of oxazole rings is 1. The molecule has 6 heteroatoms. The molecular formula is C22H15N3O2S. The number of furan rings is 1. The zero-order chi connectivity index (χ0) is 18.8. The van der Waals surface area contributed by atoms with Crippen LogP contribution in [-0.2, 0) is 0 Å². The molecule has 0 radical (unpaired) electrons. The minimum Gasteiger partial charge on any atom is -0.457 e. The third-order valence-corrected chi connectivity index (χ3v) is 5.45. The molecule has 0 fully saturated rings. The standard InChI is InChI=1S/C22H15N3O2S/c1-2-6-19(28-22-16(9-13-26-22)15-7-11-23-12-8-15)17(4-1)21-20(25-14-27-21)18-5-3-10-24-18/h1-14,24H. The van der Waals surface area contributed by atoms with Crippen molar-refractivity contribution in [2.75, 3.05) is 0 Å². The number of aromatic nitrogens is 3. The van der Waals surface area contributed by atoms with Crippen LogP contribution in [0.25, 0.3) is 33.8 Å². The molecule has 0 spiro atoms. The summed E-state index contributed by atoms with van der Waals surface area (Å²) in [5.41, 5.74) is 4.76. The van der Waals surface area contributed by atoms with Gasteiger partial charge in [0.15, 0.2) is 17.2 Å². The number of H-pyrrole nitrogens is 1. The van der Waals surface area contributed by atoms with Gasteiger partial charge in [-0.05, 0) is 42.0 Å². The van der Waals surface area contributed by atoms with Gasteiger partial charge < -0.3 is 13.8 Å². The van der Waals surface area contributed by atoms with Gasteiger partial charge in [0.05, 0.1) is 12.0 Å². The van der Waals surface area contributed by atoms with Crippen molar-refractivity contribution in [1.29, 1.82) is 0 Å². The number of benzene rings is 1. The molecule has 1 N–H and O–H groups in total. The van der Waals surface area contributed by atoms with Crippen LogP contribution < -0.4 is 0 Å². The van der Waals surface area contributed by atoms with Crippen molar-refractivity contribution in [3.05, 3.63) is 85.8 Å². The van der Waals surface area contributed by atoms with Gasteiger partial charge in [0.25, 0.3) is 0 Å². The molecule has 5 nitrogen and oxygen atoms in total. The van der Waals surface area contributed by atoms with Crippen LogP contribution in [0.3, 0.4) is 0 Å². The zero-order valence-corrected chi connectivity index (χ0v) is 15.5. The Labute approximate surface area is 165 Å². The molecule has 136 valence electrons. The first kappa shape index (κ1) is 16.6. The van der Waals surface area contributed by atoms with Gasteiger partial charge in [-0.2, -0.15) is 0 Å². The second kappa shape index (κ2) is 7.25. The maximum atomic E-state index is 5.79. The molecule has 0 aliphatic heterocycles. The fourth-order valence-corrected chi connectivity index (χ4v) is 4.09. The normalized spacial score (nSPS) is 11.0. The Kier molecular flexibility index (Phi) is 4.31. The number of nitrogens with zero attached hydrogens (tertiary/aromatic N) is 2. The van der Waals surface area contributed by atoms with Crippen LogP contribution in [0, 0.1) is 0 Å². The van der Waals surface area contributed by atoms with E-state index in [4.69, 9.17) is 8.83 Å². The van der Waals surface area contributed by atoms with Crippen molar-refractivity contribution in [3.8, 4) is 33.8 Å². The number of pyridine rings is 1. The molecule has 0 saturated carbocycles. The average Bonchev–Trinajstić information content (AvgIpc) is 3.50. The van der Waals surface area contributed by atoms with E-state index >= 15 is 0 Å². The summed E-state index contributed by atoms with van der Waals surface area (Å²) in [6.07, 6.45) is 8.61. The van der Waals surface area contributed by atoms with Gasteiger partial charge >= 0.3 is 0 Å². The predicted octanol–water partition coefficient (Wildman–Crippen LogP) is 6.14. The topological polar surface area (TPSA) is 67.8 Å². The second-order valence-electron chi connectivity index (χ2n) is 6.07. The molecule has 0 aliphatic carbocycles. The fourth-order valence-electron chi connectivity index (χ4n) is 3.07. The molecular weight excluding hydrogens is 370 g/mol. The molecule has 0 atom stereocenters. The Morgan fingerprint density at radius 2 is 1.75 bits per heavy atom. The first-order chi connectivity index (χ1) is 13.9. The maximum absolute atomic E-state index is 5.79. The predicted molar refractivity (Wildman–Crippen MR) is 108 cm³/mol. The number of hydrogen-bond acceptors (Lipinski definition) is 5. The van der Waals surface area contributed by atoms with Crippen molar-refractivity contribution in [1.82, 2.24) is 15.0 Å². The van der Waals surface area contributed by atoms with E-state index < -0.39 is 0 Å². The highest BCUT2D eigenvalue weighted by molar-refractivity contribution is 7.99. The third-order valence-electron chi connectivity index (χ3n) is 4.38. The molecule has 0 aliphatic rings. The SMILES string of the molecule is c1c[nH]c(-c2ncoc2-c2ccccc2Sc2occc2-c2ccncc2)c1. The number of rotatable bonds is 5. The van der Waals surface area contributed by atoms with Crippen LogP contribution in [0.1, 0.15) is 0 Å². The fraction of sp³-hybridized carbons (Fsp3) is 0. The molecule has 0 saturated heterocycles. The van der Waals surface area contributed by atoms with E-state index in [9.17, 15) is 0 Å². The summed E-state index contributed by atoms with van der Waals surface area (Å²) in [4.78, 5) is 12.7. The minimum absolute atomic E-state index is 0.725. The number of nitrogens with one attached hydrogen (secondary N) is 1. The molecule has 5 rings (SSSR count). The largest absolute Gasteiger partial charge is 0.457 e. The van der Waals surface area contributed by atoms with Crippen molar-refractivity contribution in [2.24, 2.45) is 0 Å². The van der Waals surface area contributed by atoms with Crippen molar-refractivity contribution >= 4 is 11.8 Å². The maximum Gasteiger partial charge on any atom is 0.182 e. The van der Waals surface area contributed by atoms with Crippen LogP contribution in [0.2, 0.25) is 0 Å². The molecule has 1 aromatic carbocycles. The Balaban J connectivity index is 1.55. The smallest absolute Gasteiger partial charge is 0.182 e. The lowest BCUT2D eigenvalue weighted by Crippen LogP contribution is -1.86. The molecule has 28 heavy (non-hydrogen) atoms. The van der Waals surface area contributed by atoms with E-state index in [0.717, 1.165) is 43.8 Å². The summed E-state index contributed by atoms with van der Waals surface area (Å²) in [7, 11) is 0. The second-order valence-corrected chi connectivity index (χ2v) is 7.08. The van der Waals surface area contributed by atoms with Gasteiger partial charge in [-0.3, -0.25) is 4.98 Å². The number of aromatic amines is 1. The summed E-state index contributed by atoms with van der Waals surface area (Å²) in [5, 5.41) is 0.819. The zero-order valence-electron chi connectivity index (χ0n) is 14.7. The van der Waals surface area contributed by atoms with Crippen LogP contribution in [0.5, 0.6) is 0 Å². The third kappa shape index (κ3) is 3.04. The minimum atomic E-state index is 0.725. The van der Waals surface area contributed by atoms with E-state index in [-0.39, 0.29) is 0 Å². The molecule has 5 aromatic rings. The Hall–Kier alpha value is -3.51. The Morgan fingerprint density at radius 1 is 0.857 bits per heavy atom. The lowest BCUT2D eigenvalue weighted by molar-refractivity contribution is 0.476. The van der Waals surface area contributed by atoms with E-state index in [1.54, 1.807) is 30.4 Å². The van der Waals surface area contributed by atoms with Crippen LogP contribution >= 0.6 is 11.8 Å². The average molecular weight is 385 g/mol. The van der Waals surface area contributed by atoms with Gasteiger partial charge in [0.2, 0.25) is 0 Å². The van der Waals surface area contributed by atoms with Crippen LogP contribution in [0.4, 0.5) is 0 Å². The van der Waals surface area contributed by atoms with Gasteiger partial charge in [-0.15, -0.1) is 0 Å². The summed E-state index contributed by atoms with van der Waals surface area (Å²) < 4.78 is 11.6. The Morgan fingerprint density at radius 3 is 2.61 bits per heavy atom. The number of hydrogen-bond donors (Lipinski definition) is 1. The quantitative estimate of drug-likeness (QED) is 0.393. The highest BCUT2D eigenvalue weighted by Crippen LogP contribution is 2.42. The van der Waals surface area contributed by atoms with Gasteiger partial charge in [-0.25, -0.2) is 4.98 Å². The van der Waals surface area contributed by atoms with E-state index in [1.165, 1.54) is 6.39 Å². The van der Waals surface area contributed by atoms with E-state index in [2.05, 4.69) is 21.0 Å². The lowest BCUT2D eigenvalue weighted by atomic mass is 10.1. The highest BCUT2D eigenvalue weighted by Gasteiger charge is 2.19.